The molecule has 0 saturated carbocycles. The minimum absolute atomic E-state index is 0.0126. The summed E-state index contributed by atoms with van der Waals surface area (Å²) < 4.78 is 0. The minimum atomic E-state index is -1.14. The molecule has 8 heteroatoms. The first kappa shape index (κ1) is 16.0. The molecule has 0 radical (unpaired) electrons. The Morgan fingerprint density at radius 1 is 1.50 bits per heavy atom. The van der Waals surface area contributed by atoms with Gasteiger partial charge in [-0.3, -0.25) is 14.9 Å². The number of hydrogen-bond acceptors (Lipinski definition) is 5. The highest BCUT2D eigenvalue weighted by atomic mass is 32.2. The summed E-state index contributed by atoms with van der Waals surface area (Å²) in [7, 11) is 0. The summed E-state index contributed by atoms with van der Waals surface area (Å²) in [6.07, 6.45) is 0. The number of carboxylic acids is 1. The van der Waals surface area contributed by atoms with Gasteiger partial charge in [0.1, 0.15) is 6.04 Å². The maximum Gasteiger partial charge on any atom is 0.327 e. The van der Waals surface area contributed by atoms with Crippen molar-refractivity contribution >= 4 is 29.3 Å². The fraction of sp³-hybridized carbons (Fsp3) is 0.333. The Morgan fingerprint density at radius 2 is 2.15 bits per heavy atom. The summed E-state index contributed by atoms with van der Waals surface area (Å²) in [5.74, 6) is -1.49. The molecule has 0 aliphatic rings. The standard InChI is InChI=1S/C12H14N2O5S/c1-7-3-4-9(5-11(7)14(18)19)20-6-10(12(16)17)13-8(2)15/h3-5,10H,6H2,1-2H3,(H,13,15)(H,16,17). The van der Waals surface area contributed by atoms with Crippen molar-refractivity contribution in [3.63, 3.8) is 0 Å². The molecule has 7 nitrogen and oxygen atoms in total. The zero-order valence-corrected chi connectivity index (χ0v) is 11.8. The molecule has 1 unspecified atom stereocenters. The van der Waals surface area contributed by atoms with Crippen molar-refractivity contribution in [2.24, 2.45) is 0 Å². The van der Waals surface area contributed by atoms with E-state index in [1.165, 1.54) is 13.0 Å². The molecule has 0 spiro atoms. The van der Waals surface area contributed by atoms with E-state index < -0.39 is 22.8 Å². The van der Waals surface area contributed by atoms with Gasteiger partial charge in [0.25, 0.3) is 5.69 Å². The van der Waals surface area contributed by atoms with Crippen molar-refractivity contribution in [1.82, 2.24) is 5.32 Å². The fourth-order valence-electron chi connectivity index (χ4n) is 1.48. The van der Waals surface area contributed by atoms with Gasteiger partial charge in [0.15, 0.2) is 0 Å². The van der Waals surface area contributed by atoms with Gasteiger partial charge in [-0.1, -0.05) is 6.07 Å². The molecule has 0 fully saturated rings. The maximum absolute atomic E-state index is 10.9. The molecule has 108 valence electrons. The van der Waals surface area contributed by atoms with Crippen molar-refractivity contribution in [3.8, 4) is 0 Å². The van der Waals surface area contributed by atoms with Crippen molar-refractivity contribution in [1.29, 1.82) is 0 Å². The topological polar surface area (TPSA) is 110 Å². The quantitative estimate of drug-likeness (QED) is 0.469. The lowest BCUT2D eigenvalue weighted by molar-refractivity contribution is -0.385. The van der Waals surface area contributed by atoms with Crippen molar-refractivity contribution in [3.05, 3.63) is 33.9 Å². The Labute approximate surface area is 119 Å². The average molecular weight is 298 g/mol. The van der Waals surface area contributed by atoms with Gasteiger partial charge >= 0.3 is 5.97 Å². The van der Waals surface area contributed by atoms with Gasteiger partial charge in [-0.05, 0) is 13.0 Å². The van der Waals surface area contributed by atoms with Crippen molar-refractivity contribution in [2.75, 3.05) is 5.75 Å². The highest BCUT2D eigenvalue weighted by molar-refractivity contribution is 7.99. The lowest BCUT2D eigenvalue weighted by Crippen LogP contribution is -2.41. The van der Waals surface area contributed by atoms with Gasteiger partial charge in [0.05, 0.1) is 4.92 Å². The molecule has 0 aliphatic heterocycles. The van der Waals surface area contributed by atoms with E-state index in [9.17, 15) is 19.7 Å². The van der Waals surface area contributed by atoms with Gasteiger partial charge in [-0.2, -0.15) is 0 Å². The highest BCUT2D eigenvalue weighted by Gasteiger charge is 2.19. The number of nitrogens with one attached hydrogen (secondary N) is 1. The summed E-state index contributed by atoms with van der Waals surface area (Å²) in [5.41, 5.74) is 0.525. The van der Waals surface area contributed by atoms with Crippen LogP contribution in [0.5, 0.6) is 0 Å². The number of benzene rings is 1. The van der Waals surface area contributed by atoms with E-state index in [1.54, 1.807) is 19.1 Å². The number of nitro groups is 1. The van der Waals surface area contributed by atoms with Crippen LogP contribution in [0.2, 0.25) is 0 Å². The molecule has 1 aromatic rings. The molecule has 0 bridgehead atoms. The zero-order valence-electron chi connectivity index (χ0n) is 11.0. The summed E-state index contributed by atoms with van der Waals surface area (Å²) in [5, 5.41) is 22.1. The predicted molar refractivity (Wildman–Crippen MR) is 73.8 cm³/mol. The van der Waals surface area contributed by atoms with Crippen LogP contribution < -0.4 is 5.32 Å². The van der Waals surface area contributed by atoms with Crippen LogP contribution in [-0.2, 0) is 9.59 Å². The number of carbonyl (C=O) groups excluding carboxylic acids is 1. The average Bonchev–Trinajstić information content (AvgIpc) is 2.34. The first-order valence-electron chi connectivity index (χ1n) is 5.69. The van der Waals surface area contributed by atoms with Gasteiger partial charge in [-0.25, -0.2) is 4.79 Å². The third-order valence-corrected chi connectivity index (χ3v) is 3.56. The van der Waals surface area contributed by atoms with E-state index >= 15 is 0 Å². The predicted octanol–water partition coefficient (Wildman–Crippen LogP) is 1.58. The lowest BCUT2D eigenvalue weighted by Gasteiger charge is -2.12. The Hall–Kier alpha value is -2.09. The zero-order chi connectivity index (χ0) is 15.3. The Kier molecular flexibility index (Phi) is 5.51. The van der Waals surface area contributed by atoms with Gasteiger partial charge in [0.2, 0.25) is 5.91 Å². The van der Waals surface area contributed by atoms with E-state index in [2.05, 4.69) is 5.32 Å². The third kappa shape index (κ3) is 4.54. The number of hydrogen-bond donors (Lipinski definition) is 2. The second-order valence-electron chi connectivity index (χ2n) is 4.11. The number of rotatable bonds is 6. The van der Waals surface area contributed by atoms with Crippen LogP contribution in [-0.4, -0.2) is 33.7 Å². The second kappa shape index (κ2) is 6.90. The Bertz CT molecular complexity index is 547. The normalized spacial score (nSPS) is 11.7. The van der Waals surface area contributed by atoms with Gasteiger partial charge in [-0.15, -0.1) is 11.8 Å². The van der Waals surface area contributed by atoms with Crippen LogP contribution >= 0.6 is 11.8 Å². The van der Waals surface area contributed by atoms with Gasteiger partial charge < -0.3 is 10.4 Å². The largest absolute Gasteiger partial charge is 0.480 e. The number of amides is 1. The van der Waals surface area contributed by atoms with E-state index in [0.29, 0.717) is 10.5 Å². The molecular weight excluding hydrogens is 284 g/mol. The smallest absolute Gasteiger partial charge is 0.327 e. The number of nitro benzene ring substituents is 1. The fourth-order valence-corrected chi connectivity index (χ4v) is 2.42. The number of carboxylic acid groups (broad SMARTS) is 1. The number of aliphatic carboxylic acids is 1. The summed E-state index contributed by atoms with van der Waals surface area (Å²) >= 11 is 1.14. The summed E-state index contributed by atoms with van der Waals surface area (Å²) in [4.78, 5) is 32.7. The molecule has 1 aromatic carbocycles. The molecule has 0 heterocycles. The molecule has 20 heavy (non-hydrogen) atoms. The first-order valence-corrected chi connectivity index (χ1v) is 6.67. The molecule has 0 saturated heterocycles. The van der Waals surface area contributed by atoms with Crippen LogP contribution in [0, 0.1) is 17.0 Å². The van der Waals surface area contributed by atoms with Crippen LogP contribution in [0.1, 0.15) is 12.5 Å². The summed E-state index contributed by atoms with van der Waals surface area (Å²) in [6.45, 7) is 2.86. The molecule has 2 N–H and O–H groups in total. The van der Waals surface area contributed by atoms with Crippen molar-refractivity contribution < 1.29 is 19.6 Å². The molecule has 0 aromatic heterocycles. The number of aryl methyl sites for hydroxylation is 1. The first-order chi connectivity index (χ1) is 9.31. The molecular formula is C12H14N2O5S. The molecule has 1 atom stereocenters. The number of carbonyl (C=O) groups is 2. The van der Waals surface area contributed by atoms with E-state index in [1.807, 2.05) is 0 Å². The van der Waals surface area contributed by atoms with Crippen LogP contribution in [0.3, 0.4) is 0 Å². The van der Waals surface area contributed by atoms with Crippen molar-refractivity contribution in [2.45, 2.75) is 24.8 Å². The molecule has 0 aliphatic carbocycles. The maximum atomic E-state index is 10.9. The second-order valence-corrected chi connectivity index (χ2v) is 5.20. The number of nitrogens with zero attached hydrogens (tertiary/aromatic N) is 1. The minimum Gasteiger partial charge on any atom is -0.480 e. The highest BCUT2D eigenvalue weighted by Crippen LogP contribution is 2.26. The van der Waals surface area contributed by atoms with E-state index in [4.69, 9.17) is 5.11 Å². The van der Waals surface area contributed by atoms with Crippen LogP contribution in [0.4, 0.5) is 5.69 Å². The Balaban J connectivity index is 2.78. The number of thioether (sulfide) groups is 1. The van der Waals surface area contributed by atoms with Gasteiger partial charge in [0, 0.05) is 29.2 Å². The van der Waals surface area contributed by atoms with E-state index in [-0.39, 0.29) is 11.4 Å². The lowest BCUT2D eigenvalue weighted by atomic mass is 10.2. The van der Waals surface area contributed by atoms with E-state index in [0.717, 1.165) is 11.8 Å². The van der Waals surface area contributed by atoms with Crippen LogP contribution in [0.25, 0.3) is 0 Å². The monoisotopic (exact) mass is 298 g/mol. The SMILES string of the molecule is CC(=O)NC(CSc1ccc(C)c([N+](=O)[O-])c1)C(=O)O. The molecule has 1 rings (SSSR count). The van der Waals surface area contributed by atoms with Crippen LogP contribution in [0.15, 0.2) is 23.1 Å². The summed E-state index contributed by atoms with van der Waals surface area (Å²) in [6, 6.07) is 3.65. The third-order valence-electron chi connectivity index (χ3n) is 2.47. The Morgan fingerprint density at radius 3 is 2.65 bits per heavy atom. The molecule has 1 amide bonds.